The molecule has 0 saturated carbocycles. The molecule has 1 fully saturated rings. The van der Waals surface area contributed by atoms with Crippen LogP contribution in [0.3, 0.4) is 0 Å². The van der Waals surface area contributed by atoms with E-state index in [0.29, 0.717) is 0 Å². The van der Waals surface area contributed by atoms with Crippen molar-refractivity contribution in [3.8, 4) is 0 Å². The molecule has 1 heterocycles. The Kier molecular flexibility index (Phi) is 2.20. The summed E-state index contributed by atoms with van der Waals surface area (Å²) in [5.41, 5.74) is -1.24. The highest BCUT2D eigenvalue weighted by Gasteiger charge is 2.42. The van der Waals surface area contributed by atoms with Crippen LogP contribution in [0.4, 0.5) is 0 Å². The van der Waals surface area contributed by atoms with E-state index in [1.165, 1.54) is 6.92 Å². The van der Waals surface area contributed by atoms with Crippen LogP contribution in [0.25, 0.3) is 0 Å². The van der Waals surface area contributed by atoms with Gasteiger partial charge >= 0.3 is 0 Å². The van der Waals surface area contributed by atoms with E-state index in [4.69, 9.17) is 9.84 Å². The van der Waals surface area contributed by atoms with Gasteiger partial charge in [-0.2, -0.15) is 0 Å². The van der Waals surface area contributed by atoms with Crippen molar-refractivity contribution < 1.29 is 20.1 Å². The smallest absolute Gasteiger partial charge is 0.157 e. The SMILES string of the molecule is C[C@@H]1O[C@H](O)C[C@@](C)(O)[C@H]1O. The molecule has 0 unspecified atom stereocenters. The molecule has 0 aliphatic carbocycles. The molecule has 11 heavy (non-hydrogen) atoms. The highest BCUT2D eigenvalue weighted by molar-refractivity contribution is 4.90. The van der Waals surface area contributed by atoms with Gasteiger partial charge in [0, 0.05) is 6.42 Å². The first-order valence-electron chi connectivity index (χ1n) is 3.67. The molecule has 4 nitrogen and oxygen atoms in total. The van der Waals surface area contributed by atoms with Gasteiger partial charge in [0.2, 0.25) is 0 Å². The van der Waals surface area contributed by atoms with E-state index in [1.54, 1.807) is 6.92 Å². The Morgan fingerprint density at radius 3 is 2.45 bits per heavy atom. The van der Waals surface area contributed by atoms with E-state index in [0.717, 1.165) is 0 Å². The van der Waals surface area contributed by atoms with Crippen LogP contribution in [0.15, 0.2) is 0 Å². The molecule has 0 radical (unpaired) electrons. The zero-order chi connectivity index (χ0) is 8.65. The Bertz CT molecular complexity index is 145. The molecule has 0 aromatic heterocycles. The highest BCUT2D eigenvalue weighted by atomic mass is 16.6. The van der Waals surface area contributed by atoms with Crippen molar-refractivity contribution in [3.05, 3.63) is 0 Å². The maximum Gasteiger partial charge on any atom is 0.157 e. The maximum absolute atomic E-state index is 9.49. The Labute approximate surface area is 65.4 Å². The minimum absolute atomic E-state index is 0.0541. The third-order valence-electron chi connectivity index (χ3n) is 2.04. The molecular weight excluding hydrogens is 148 g/mol. The summed E-state index contributed by atoms with van der Waals surface area (Å²) in [5, 5.41) is 27.9. The maximum atomic E-state index is 9.49. The van der Waals surface area contributed by atoms with Crippen molar-refractivity contribution in [2.75, 3.05) is 0 Å². The molecule has 0 bridgehead atoms. The number of ether oxygens (including phenoxy) is 1. The van der Waals surface area contributed by atoms with Gasteiger partial charge in [-0.3, -0.25) is 0 Å². The lowest BCUT2D eigenvalue weighted by atomic mass is 9.89. The van der Waals surface area contributed by atoms with Crippen LogP contribution in [0.5, 0.6) is 0 Å². The van der Waals surface area contributed by atoms with Gasteiger partial charge in [0.15, 0.2) is 6.29 Å². The third kappa shape index (κ3) is 1.70. The normalized spacial score (nSPS) is 52.6. The van der Waals surface area contributed by atoms with Gasteiger partial charge in [0.05, 0.1) is 11.7 Å². The Hall–Kier alpha value is -0.160. The van der Waals surface area contributed by atoms with Gasteiger partial charge in [-0.25, -0.2) is 0 Å². The second kappa shape index (κ2) is 2.71. The van der Waals surface area contributed by atoms with Crippen LogP contribution in [0.1, 0.15) is 20.3 Å². The molecule has 1 aliphatic heterocycles. The predicted molar refractivity (Wildman–Crippen MR) is 37.8 cm³/mol. The molecule has 1 rings (SSSR count). The third-order valence-corrected chi connectivity index (χ3v) is 2.04. The van der Waals surface area contributed by atoms with Crippen LogP contribution in [-0.2, 0) is 4.74 Å². The first kappa shape index (κ1) is 8.93. The van der Waals surface area contributed by atoms with Crippen LogP contribution >= 0.6 is 0 Å². The molecule has 66 valence electrons. The van der Waals surface area contributed by atoms with Crippen molar-refractivity contribution in [1.29, 1.82) is 0 Å². The molecule has 0 amide bonds. The minimum Gasteiger partial charge on any atom is -0.387 e. The molecule has 3 N–H and O–H groups in total. The quantitative estimate of drug-likeness (QED) is 0.437. The van der Waals surface area contributed by atoms with Gasteiger partial charge in [-0.15, -0.1) is 0 Å². The number of aliphatic hydroxyl groups excluding tert-OH is 2. The van der Waals surface area contributed by atoms with Gasteiger partial charge < -0.3 is 20.1 Å². The van der Waals surface area contributed by atoms with Crippen molar-refractivity contribution in [3.63, 3.8) is 0 Å². The number of hydrogen-bond donors (Lipinski definition) is 3. The molecule has 0 spiro atoms. The van der Waals surface area contributed by atoms with E-state index < -0.39 is 24.1 Å². The van der Waals surface area contributed by atoms with Crippen LogP contribution in [0, 0.1) is 0 Å². The van der Waals surface area contributed by atoms with E-state index in [9.17, 15) is 10.2 Å². The summed E-state index contributed by atoms with van der Waals surface area (Å²) in [6.45, 7) is 3.10. The Morgan fingerprint density at radius 1 is 1.45 bits per heavy atom. The lowest BCUT2D eigenvalue weighted by molar-refractivity contribution is -0.256. The Balaban J connectivity index is 2.67. The predicted octanol–water partition coefficient (Wildman–Crippen LogP) is -0.775. The van der Waals surface area contributed by atoms with Crippen molar-refractivity contribution in [2.45, 2.75) is 44.4 Å². The van der Waals surface area contributed by atoms with E-state index in [2.05, 4.69) is 0 Å². The number of hydrogen-bond acceptors (Lipinski definition) is 4. The first-order valence-corrected chi connectivity index (χ1v) is 3.67. The fourth-order valence-corrected chi connectivity index (χ4v) is 1.35. The van der Waals surface area contributed by atoms with Crippen molar-refractivity contribution in [1.82, 2.24) is 0 Å². The van der Waals surface area contributed by atoms with Crippen molar-refractivity contribution >= 4 is 0 Å². The lowest BCUT2D eigenvalue weighted by Gasteiger charge is -2.40. The topological polar surface area (TPSA) is 69.9 Å². The summed E-state index contributed by atoms with van der Waals surface area (Å²) in [7, 11) is 0. The van der Waals surface area contributed by atoms with E-state index in [1.807, 2.05) is 0 Å². The van der Waals surface area contributed by atoms with E-state index >= 15 is 0 Å². The lowest BCUT2D eigenvalue weighted by Crippen LogP contribution is -2.54. The highest BCUT2D eigenvalue weighted by Crippen LogP contribution is 2.27. The Morgan fingerprint density at radius 2 is 2.00 bits per heavy atom. The second-order valence-electron chi connectivity index (χ2n) is 3.30. The minimum atomic E-state index is -1.24. The summed E-state index contributed by atoms with van der Waals surface area (Å²) < 4.78 is 4.88. The average Bonchev–Trinajstić information content (AvgIpc) is 1.81. The van der Waals surface area contributed by atoms with Crippen molar-refractivity contribution in [2.24, 2.45) is 0 Å². The van der Waals surface area contributed by atoms with Gasteiger partial charge in [-0.1, -0.05) is 0 Å². The average molecular weight is 162 g/mol. The largest absolute Gasteiger partial charge is 0.387 e. The zero-order valence-corrected chi connectivity index (χ0v) is 6.69. The monoisotopic (exact) mass is 162 g/mol. The first-order chi connectivity index (χ1) is 4.93. The molecule has 4 heteroatoms. The molecule has 0 aromatic carbocycles. The van der Waals surface area contributed by atoms with Crippen LogP contribution in [0.2, 0.25) is 0 Å². The standard InChI is InChI=1S/C7H14O4/c1-4-6(9)7(2,10)3-5(8)11-4/h4-6,8-10H,3H2,1-2H3/t4-,5-,6-,7+/m0/s1. The molecular formula is C7H14O4. The summed E-state index contributed by atoms with van der Waals surface area (Å²) in [6.07, 6.45) is -2.36. The molecule has 1 aliphatic rings. The zero-order valence-electron chi connectivity index (χ0n) is 6.69. The fraction of sp³-hybridized carbons (Fsp3) is 1.00. The summed E-state index contributed by atoms with van der Waals surface area (Å²) in [5.74, 6) is 0. The number of aliphatic hydroxyl groups is 3. The summed E-state index contributed by atoms with van der Waals surface area (Å²) in [4.78, 5) is 0. The van der Waals surface area contributed by atoms with E-state index in [-0.39, 0.29) is 6.42 Å². The van der Waals surface area contributed by atoms with Crippen LogP contribution in [-0.4, -0.2) is 39.4 Å². The molecule has 1 saturated heterocycles. The number of rotatable bonds is 0. The molecule has 0 aromatic rings. The summed E-state index contributed by atoms with van der Waals surface area (Å²) in [6, 6.07) is 0. The van der Waals surface area contributed by atoms with Gasteiger partial charge in [0.25, 0.3) is 0 Å². The fourth-order valence-electron chi connectivity index (χ4n) is 1.35. The summed E-state index contributed by atoms with van der Waals surface area (Å²) >= 11 is 0. The van der Waals surface area contributed by atoms with Gasteiger partial charge in [-0.05, 0) is 13.8 Å². The van der Waals surface area contributed by atoms with Crippen LogP contribution < -0.4 is 0 Å². The molecule has 4 atom stereocenters. The van der Waals surface area contributed by atoms with Gasteiger partial charge in [0.1, 0.15) is 6.10 Å². The second-order valence-corrected chi connectivity index (χ2v) is 3.30.